The van der Waals surface area contributed by atoms with Crippen molar-refractivity contribution in [1.82, 2.24) is 15.1 Å². The summed E-state index contributed by atoms with van der Waals surface area (Å²) in [5, 5.41) is 2.47. The molecule has 0 bridgehead atoms. The van der Waals surface area contributed by atoms with E-state index in [2.05, 4.69) is 131 Å². The number of nitrogens with zero attached hydrogens (tertiary/aromatic N) is 4. The van der Waals surface area contributed by atoms with Crippen molar-refractivity contribution in [3.05, 3.63) is 137 Å². The van der Waals surface area contributed by atoms with Gasteiger partial charge in [0.25, 0.3) is 0 Å². The molecule has 7 nitrogen and oxygen atoms in total. The Morgan fingerprint density at radius 3 is 2.15 bits per heavy atom. The summed E-state index contributed by atoms with van der Waals surface area (Å²) >= 11 is 0. The lowest BCUT2D eigenvalue weighted by Gasteiger charge is -2.40. The molecule has 3 unspecified atom stereocenters. The summed E-state index contributed by atoms with van der Waals surface area (Å²) in [5.74, 6) is 1.20. The van der Waals surface area contributed by atoms with Crippen LogP contribution in [0.15, 0.2) is 104 Å². The lowest BCUT2D eigenvalue weighted by Crippen LogP contribution is -2.50. The van der Waals surface area contributed by atoms with Crippen LogP contribution >= 0.6 is 0 Å². The predicted octanol–water partition coefficient (Wildman–Crippen LogP) is 7.60. The minimum atomic E-state index is -0.375. The second-order valence-corrected chi connectivity index (χ2v) is 16.1. The highest BCUT2D eigenvalue weighted by Gasteiger charge is 2.33. The van der Waals surface area contributed by atoms with Crippen LogP contribution in [0.25, 0.3) is 5.70 Å². The number of aryl methyl sites for hydroxylation is 2. The maximum Gasteiger partial charge on any atom is 0.249 e. The fourth-order valence-corrected chi connectivity index (χ4v) is 9.65. The Morgan fingerprint density at radius 2 is 1.43 bits per heavy atom. The van der Waals surface area contributed by atoms with Crippen LogP contribution in [0, 0.1) is 12.8 Å². The van der Waals surface area contributed by atoms with E-state index in [0.717, 1.165) is 68.4 Å². The van der Waals surface area contributed by atoms with Gasteiger partial charge >= 0.3 is 0 Å². The number of nitrogens with one attached hydrogen (secondary N) is 1. The molecule has 54 heavy (non-hydrogen) atoms. The molecule has 3 saturated heterocycles. The highest BCUT2D eigenvalue weighted by Crippen LogP contribution is 2.46. The lowest BCUT2D eigenvalue weighted by atomic mass is 9.69. The van der Waals surface area contributed by atoms with Gasteiger partial charge in [-0.05, 0) is 103 Å². The highest BCUT2D eigenvalue weighted by atomic mass is 16.2. The van der Waals surface area contributed by atoms with Crippen LogP contribution in [0.5, 0.6) is 0 Å². The van der Waals surface area contributed by atoms with Crippen molar-refractivity contribution in [2.45, 2.75) is 63.3 Å². The summed E-state index contributed by atoms with van der Waals surface area (Å²) in [6.45, 7) is 14.1. The first-order valence-electron chi connectivity index (χ1n) is 20.1. The van der Waals surface area contributed by atoms with Crippen LogP contribution < -0.4 is 15.1 Å². The van der Waals surface area contributed by atoms with E-state index < -0.39 is 0 Å². The van der Waals surface area contributed by atoms with Crippen molar-refractivity contribution in [1.29, 1.82) is 0 Å². The molecule has 0 aromatic heterocycles. The molecule has 3 heterocycles. The molecule has 280 valence electrons. The molecule has 0 spiro atoms. The number of rotatable bonds is 9. The number of likely N-dealkylation sites (N-methyl/N-ethyl adjacent to an activating group) is 1. The second-order valence-electron chi connectivity index (χ2n) is 16.1. The molecular weight excluding hydrogens is 667 g/mol. The third-order valence-corrected chi connectivity index (χ3v) is 12.9. The number of carbonyl (C=O) groups is 2. The van der Waals surface area contributed by atoms with E-state index in [1.165, 1.54) is 59.4 Å². The normalized spacial score (nSPS) is 22.4. The third-order valence-electron chi connectivity index (χ3n) is 12.9. The van der Waals surface area contributed by atoms with Gasteiger partial charge in [-0.3, -0.25) is 19.8 Å². The monoisotopic (exact) mass is 721 g/mol. The van der Waals surface area contributed by atoms with Crippen LogP contribution in [0.1, 0.15) is 77.3 Å². The zero-order chi connectivity index (χ0) is 37.2. The first kappa shape index (κ1) is 36.1. The molecule has 3 aliphatic heterocycles. The van der Waals surface area contributed by atoms with E-state index in [1.54, 1.807) is 0 Å². The van der Waals surface area contributed by atoms with Gasteiger partial charge in [-0.2, -0.15) is 0 Å². The molecule has 4 aromatic rings. The second kappa shape index (κ2) is 15.8. The molecule has 0 radical (unpaired) electrons. The fraction of sp³-hybridized carbons (Fsp3) is 0.404. The number of fused-ring (bicyclic) bond motifs is 1. The Bertz CT molecular complexity index is 1960. The molecular formula is C47H55N5O2. The van der Waals surface area contributed by atoms with Gasteiger partial charge in [0.05, 0.1) is 0 Å². The smallest absolute Gasteiger partial charge is 0.249 e. The third kappa shape index (κ3) is 7.56. The molecule has 4 aromatic carbocycles. The zero-order valence-corrected chi connectivity index (χ0v) is 32.1. The van der Waals surface area contributed by atoms with Gasteiger partial charge in [-0.15, -0.1) is 0 Å². The first-order valence-corrected chi connectivity index (χ1v) is 20.1. The van der Waals surface area contributed by atoms with Crippen molar-refractivity contribution in [2.24, 2.45) is 5.92 Å². The Hall–Kier alpha value is -4.88. The Kier molecular flexibility index (Phi) is 10.6. The van der Waals surface area contributed by atoms with Crippen LogP contribution in [0.2, 0.25) is 0 Å². The van der Waals surface area contributed by atoms with Gasteiger partial charge in [0.2, 0.25) is 11.8 Å². The quantitative estimate of drug-likeness (QED) is 0.180. The average Bonchev–Trinajstić information content (AvgIpc) is 3.21. The van der Waals surface area contributed by atoms with Crippen LogP contribution in [0.3, 0.4) is 0 Å². The summed E-state index contributed by atoms with van der Waals surface area (Å²) in [6.07, 6.45) is 5.69. The molecule has 4 aliphatic rings. The van der Waals surface area contributed by atoms with Gasteiger partial charge in [-0.1, -0.05) is 79.4 Å². The van der Waals surface area contributed by atoms with Crippen LogP contribution in [0.4, 0.5) is 11.4 Å². The molecule has 3 atom stereocenters. The Morgan fingerprint density at radius 1 is 0.741 bits per heavy atom. The SMILES string of the molecule is C=C(c1ccc(N2CCN(CC3CCN(c4ccc(C5c6ccccc6CCC5c5ccccc5)cc4)CC3)CC2)cc1C)N(C)C1CCC(=O)NC1=O. The average molecular weight is 722 g/mol. The summed E-state index contributed by atoms with van der Waals surface area (Å²) in [6, 6.07) is 36.0. The minimum absolute atomic E-state index is 0.197. The largest absolute Gasteiger partial charge is 0.372 e. The molecule has 8 rings (SSSR count). The van der Waals surface area contributed by atoms with Gasteiger partial charge in [0.1, 0.15) is 6.04 Å². The molecule has 3 fully saturated rings. The summed E-state index contributed by atoms with van der Waals surface area (Å²) in [5.41, 5.74) is 11.5. The van der Waals surface area contributed by atoms with Crippen LogP contribution in [-0.2, 0) is 16.0 Å². The van der Waals surface area contributed by atoms with Crippen molar-refractivity contribution < 1.29 is 9.59 Å². The summed E-state index contributed by atoms with van der Waals surface area (Å²) in [4.78, 5) is 33.8. The molecule has 7 heteroatoms. The number of carbonyl (C=O) groups excluding carboxylic acids is 2. The fourth-order valence-electron chi connectivity index (χ4n) is 9.65. The van der Waals surface area contributed by atoms with E-state index >= 15 is 0 Å². The summed E-state index contributed by atoms with van der Waals surface area (Å²) < 4.78 is 0. The van der Waals surface area contributed by atoms with E-state index in [-0.39, 0.29) is 17.9 Å². The van der Waals surface area contributed by atoms with Crippen molar-refractivity contribution >= 4 is 28.9 Å². The van der Waals surface area contributed by atoms with E-state index in [0.29, 0.717) is 24.7 Å². The van der Waals surface area contributed by atoms with Gasteiger partial charge in [0.15, 0.2) is 0 Å². The number of piperidine rings is 2. The van der Waals surface area contributed by atoms with Crippen molar-refractivity contribution in [2.75, 3.05) is 62.7 Å². The number of amides is 2. The molecule has 1 N–H and O–H groups in total. The summed E-state index contributed by atoms with van der Waals surface area (Å²) in [7, 11) is 1.90. The van der Waals surface area contributed by atoms with Crippen LogP contribution in [-0.4, -0.2) is 80.5 Å². The van der Waals surface area contributed by atoms with E-state index in [9.17, 15) is 9.59 Å². The maximum absolute atomic E-state index is 12.5. The lowest BCUT2D eigenvalue weighted by molar-refractivity contribution is -0.136. The number of imide groups is 1. The Balaban J connectivity index is 0.827. The van der Waals surface area contributed by atoms with E-state index in [4.69, 9.17) is 0 Å². The number of anilines is 2. The number of hydrogen-bond acceptors (Lipinski definition) is 6. The maximum atomic E-state index is 12.5. The minimum Gasteiger partial charge on any atom is -0.372 e. The topological polar surface area (TPSA) is 59.1 Å². The molecule has 2 amide bonds. The molecule has 1 aliphatic carbocycles. The highest BCUT2D eigenvalue weighted by molar-refractivity contribution is 6.00. The molecule has 0 saturated carbocycles. The van der Waals surface area contributed by atoms with Gasteiger partial charge in [-0.25, -0.2) is 0 Å². The van der Waals surface area contributed by atoms with Crippen molar-refractivity contribution in [3.63, 3.8) is 0 Å². The number of hydrogen-bond donors (Lipinski definition) is 1. The predicted molar refractivity (Wildman–Crippen MR) is 220 cm³/mol. The van der Waals surface area contributed by atoms with Gasteiger partial charge < -0.3 is 14.7 Å². The number of piperazine rings is 1. The first-order chi connectivity index (χ1) is 26.3. The number of benzene rings is 4. The zero-order valence-electron chi connectivity index (χ0n) is 32.1. The van der Waals surface area contributed by atoms with Gasteiger partial charge in [0, 0.05) is 87.8 Å². The standard InChI is InChI=1S/C47H55N5O2/c1-33-31-40(18-20-41(33)34(2)49(3)44-21-22-45(53)48-47(44)54)52-29-27-50(28-30-52)32-35-23-25-51(26-24-35)39-16-13-38(14-17-39)46-42-12-8-7-11-37(42)15-19-43(46)36-9-5-4-6-10-36/h4-14,16-18,20,31,35,43-44,46H,2,15,19,21-30,32H2,1,3H3,(H,48,53,54). The van der Waals surface area contributed by atoms with Crippen molar-refractivity contribution in [3.8, 4) is 0 Å². The van der Waals surface area contributed by atoms with E-state index in [1.807, 2.05) is 11.9 Å². The Labute approximate surface area is 321 Å².